The summed E-state index contributed by atoms with van der Waals surface area (Å²) in [6.07, 6.45) is 5.83. The van der Waals surface area contributed by atoms with E-state index in [2.05, 4.69) is 35.5 Å². The first-order valence-corrected chi connectivity index (χ1v) is 9.47. The fourth-order valence-corrected chi connectivity index (χ4v) is 4.19. The number of anilines is 3. The van der Waals surface area contributed by atoms with Gasteiger partial charge in [0.25, 0.3) is 0 Å². The Balaban J connectivity index is 0.00000210. The van der Waals surface area contributed by atoms with Gasteiger partial charge in [0.1, 0.15) is 5.82 Å². The number of nitrogens with zero attached hydrogens (tertiary/aromatic N) is 3. The molecule has 1 amide bonds. The normalized spacial score (nSPS) is 21.4. The van der Waals surface area contributed by atoms with Gasteiger partial charge in [0, 0.05) is 18.5 Å². The molecular formula is C20H28ClN5O. The third kappa shape index (κ3) is 3.69. The quantitative estimate of drug-likeness (QED) is 0.824. The molecule has 0 bridgehead atoms. The third-order valence-electron chi connectivity index (χ3n) is 5.83. The van der Waals surface area contributed by atoms with Crippen molar-refractivity contribution in [1.82, 2.24) is 9.78 Å². The number of fused-ring (bicyclic) bond motifs is 2. The van der Waals surface area contributed by atoms with Crippen LogP contribution < -0.4 is 16.0 Å². The Morgan fingerprint density at radius 3 is 2.74 bits per heavy atom. The van der Waals surface area contributed by atoms with Crippen LogP contribution in [0.3, 0.4) is 0 Å². The lowest BCUT2D eigenvalue weighted by Gasteiger charge is -2.31. The second-order valence-corrected chi connectivity index (χ2v) is 7.67. The molecule has 2 aliphatic rings. The van der Waals surface area contributed by atoms with Crippen LogP contribution in [0.25, 0.3) is 0 Å². The molecule has 2 aromatic rings. The number of amides is 1. The zero-order chi connectivity index (χ0) is 18.3. The van der Waals surface area contributed by atoms with Crippen LogP contribution in [0.4, 0.5) is 17.2 Å². The van der Waals surface area contributed by atoms with E-state index >= 15 is 0 Å². The van der Waals surface area contributed by atoms with Crippen molar-refractivity contribution in [2.24, 2.45) is 24.6 Å². The molecule has 146 valence electrons. The molecule has 0 spiro atoms. The Morgan fingerprint density at radius 2 is 2.04 bits per heavy atom. The topological polar surface area (TPSA) is 76.2 Å². The highest BCUT2D eigenvalue weighted by molar-refractivity contribution is 5.99. The smallest absolute Gasteiger partial charge is 0.230 e. The Morgan fingerprint density at radius 1 is 1.30 bits per heavy atom. The van der Waals surface area contributed by atoms with Gasteiger partial charge in [0.05, 0.1) is 24.1 Å². The first kappa shape index (κ1) is 19.7. The van der Waals surface area contributed by atoms with Crippen LogP contribution in [0.5, 0.6) is 0 Å². The molecule has 1 aromatic carbocycles. The van der Waals surface area contributed by atoms with Crippen LogP contribution in [-0.2, 0) is 18.4 Å². The van der Waals surface area contributed by atoms with Crippen LogP contribution >= 0.6 is 12.4 Å². The average molecular weight is 390 g/mol. The summed E-state index contributed by atoms with van der Waals surface area (Å²) in [5.74, 6) is 1.85. The number of benzene rings is 1. The molecule has 7 heteroatoms. The largest absolute Gasteiger partial charge is 0.338 e. The molecule has 0 unspecified atom stereocenters. The molecule has 1 aliphatic heterocycles. The summed E-state index contributed by atoms with van der Waals surface area (Å²) < 4.78 is 1.84. The lowest BCUT2D eigenvalue weighted by Crippen LogP contribution is -2.37. The van der Waals surface area contributed by atoms with Gasteiger partial charge in [-0.3, -0.25) is 9.48 Å². The maximum Gasteiger partial charge on any atom is 0.230 e. The van der Waals surface area contributed by atoms with E-state index in [9.17, 15) is 4.79 Å². The van der Waals surface area contributed by atoms with Gasteiger partial charge < -0.3 is 16.0 Å². The Kier molecular flexibility index (Phi) is 5.77. The van der Waals surface area contributed by atoms with E-state index in [4.69, 9.17) is 5.73 Å². The lowest BCUT2D eigenvalue weighted by atomic mass is 9.81. The van der Waals surface area contributed by atoms with Crippen LogP contribution in [-0.4, -0.2) is 22.2 Å². The second kappa shape index (κ2) is 7.90. The molecule has 0 radical (unpaired) electrons. The van der Waals surface area contributed by atoms with Gasteiger partial charge in [-0.05, 0) is 62.8 Å². The summed E-state index contributed by atoms with van der Waals surface area (Å²) in [7, 11) is 1.92. The maximum absolute atomic E-state index is 13.4. The fourth-order valence-electron chi connectivity index (χ4n) is 4.19. The summed E-state index contributed by atoms with van der Waals surface area (Å²) in [4.78, 5) is 15.4. The van der Waals surface area contributed by atoms with Gasteiger partial charge in [0.15, 0.2) is 0 Å². The average Bonchev–Trinajstić information content (AvgIpc) is 2.90. The van der Waals surface area contributed by atoms with E-state index in [0.29, 0.717) is 12.5 Å². The molecule has 2 heterocycles. The zero-order valence-electron chi connectivity index (χ0n) is 15.9. The number of nitrogens with two attached hydrogens (primary N) is 1. The van der Waals surface area contributed by atoms with Crippen molar-refractivity contribution in [1.29, 1.82) is 0 Å². The molecule has 4 rings (SSSR count). The second-order valence-electron chi connectivity index (χ2n) is 7.67. The maximum atomic E-state index is 13.4. The van der Waals surface area contributed by atoms with Crippen molar-refractivity contribution in [3.8, 4) is 0 Å². The summed E-state index contributed by atoms with van der Waals surface area (Å²) in [5, 5.41) is 7.85. The number of rotatable bonds is 2. The first-order valence-electron chi connectivity index (χ1n) is 9.47. The molecule has 1 aromatic heterocycles. The zero-order valence-corrected chi connectivity index (χ0v) is 16.8. The van der Waals surface area contributed by atoms with Crippen molar-refractivity contribution in [2.75, 3.05) is 16.8 Å². The number of nitrogens with one attached hydrogen (secondary N) is 1. The molecule has 1 fully saturated rings. The first-order chi connectivity index (χ1) is 12.6. The molecule has 27 heavy (non-hydrogen) atoms. The summed E-state index contributed by atoms with van der Waals surface area (Å²) in [5.41, 5.74) is 9.94. The molecule has 1 saturated carbocycles. The highest BCUT2D eigenvalue weighted by atomic mass is 35.5. The predicted molar refractivity (Wildman–Crippen MR) is 111 cm³/mol. The molecule has 0 saturated heterocycles. The lowest BCUT2D eigenvalue weighted by molar-refractivity contribution is -0.123. The minimum Gasteiger partial charge on any atom is -0.338 e. The Bertz CT molecular complexity index is 826. The third-order valence-corrected chi connectivity index (χ3v) is 5.83. The number of halogens is 1. The van der Waals surface area contributed by atoms with E-state index in [-0.39, 0.29) is 24.2 Å². The van der Waals surface area contributed by atoms with Crippen molar-refractivity contribution < 1.29 is 4.79 Å². The van der Waals surface area contributed by atoms with E-state index in [1.807, 2.05) is 22.8 Å². The minimum absolute atomic E-state index is 0. The Labute approximate surface area is 166 Å². The van der Waals surface area contributed by atoms with Crippen molar-refractivity contribution in [3.63, 3.8) is 0 Å². The van der Waals surface area contributed by atoms with E-state index in [1.165, 1.54) is 0 Å². The van der Waals surface area contributed by atoms with Crippen molar-refractivity contribution in [2.45, 2.75) is 39.2 Å². The standard InChI is InChI=1S/C20H27N5O.ClH/c1-13-3-8-18-17(9-13)23-19-16(11-22-24(19)2)12-25(18)20(26)15-6-4-14(10-21)5-7-15;/h3,8-9,11,14-15,23H,4-7,10,12,21H2,1-2H3;1H. The van der Waals surface area contributed by atoms with Crippen LogP contribution in [0.2, 0.25) is 0 Å². The number of carbonyl (C=O) groups is 1. The highest BCUT2D eigenvalue weighted by Crippen LogP contribution is 2.38. The molecular weight excluding hydrogens is 362 g/mol. The van der Waals surface area contributed by atoms with Crippen LogP contribution in [0.15, 0.2) is 24.4 Å². The van der Waals surface area contributed by atoms with E-state index < -0.39 is 0 Å². The SMILES string of the molecule is Cc1ccc2c(c1)Nc1c(cnn1C)CN2C(=O)C1CCC(CN)CC1.Cl. The van der Waals surface area contributed by atoms with Gasteiger partial charge in [-0.25, -0.2) is 0 Å². The number of hydrogen-bond acceptors (Lipinski definition) is 4. The number of aromatic nitrogens is 2. The minimum atomic E-state index is 0. The summed E-state index contributed by atoms with van der Waals surface area (Å²) in [6.45, 7) is 3.36. The van der Waals surface area contributed by atoms with Gasteiger partial charge in [0.2, 0.25) is 5.91 Å². The molecule has 1 aliphatic carbocycles. The number of aryl methyl sites for hydroxylation is 2. The van der Waals surface area contributed by atoms with Crippen molar-refractivity contribution in [3.05, 3.63) is 35.5 Å². The van der Waals surface area contributed by atoms with Crippen LogP contribution in [0.1, 0.15) is 36.8 Å². The summed E-state index contributed by atoms with van der Waals surface area (Å²) in [6, 6.07) is 6.23. The van der Waals surface area contributed by atoms with Gasteiger partial charge in [-0.15, -0.1) is 12.4 Å². The summed E-state index contributed by atoms with van der Waals surface area (Å²) >= 11 is 0. The van der Waals surface area contributed by atoms with Gasteiger partial charge >= 0.3 is 0 Å². The fraction of sp³-hybridized carbons (Fsp3) is 0.500. The van der Waals surface area contributed by atoms with Gasteiger partial charge in [-0.2, -0.15) is 5.10 Å². The predicted octanol–water partition coefficient (Wildman–Crippen LogP) is 3.51. The van der Waals surface area contributed by atoms with E-state index in [1.54, 1.807) is 0 Å². The molecule has 3 N–H and O–H groups in total. The Hall–Kier alpha value is -2.05. The molecule has 0 atom stereocenters. The van der Waals surface area contributed by atoms with Crippen molar-refractivity contribution >= 4 is 35.5 Å². The number of hydrogen-bond donors (Lipinski definition) is 2. The number of carbonyl (C=O) groups excluding carboxylic acids is 1. The van der Waals surface area contributed by atoms with Gasteiger partial charge in [-0.1, -0.05) is 6.07 Å². The molecule has 6 nitrogen and oxygen atoms in total. The van der Waals surface area contributed by atoms with Crippen LogP contribution in [0, 0.1) is 18.8 Å². The van der Waals surface area contributed by atoms with E-state index in [0.717, 1.165) is 60.5 Å². The highest BCUT2D eigenvalue weighted by Gasteiger charge is 2.33. The monoisotopic (exact) mass is 389 g/mol.